The number of hydrogen-bond acceptors (Lipinski definition) is 5. The molecule has 0 saturated heterocycles. The van der Waals surface area contributed by atoms with Crippen molar-refractivity contribution in [3.05, 3.63) is 53.0 Å². The number of carbonyl (C=O) groups excluding carboxylic acids is 1. The van der Waals surface area contributed by atoms with Gasteiger partial charge in [0.2, 0.25) is 15.9 Å². The molecule has 190 valence electrons. The van der Waals surface area contributed by atoms with Gasteiger partial charge in [-0.25, -0.2) is 8.42 Å². The van der Waals surface area contributed by atoms with Gasteiger partial charge in [-0.05, 0) is 83.4 Å². The van der Waals surface area contributed by atoms with Crippen molar-refractivity contribution in [2.45, 2.75) is 78.3 Å². The number of nitrogens with one attached hydrogen (secondary N) is 1. The summed E-state index contributed by atoms with van der Waals surface area (Å²) < 4.78 is 34.1. The van der Waals surface area contributed by atoms with Gasteiger partial charge in [-0.3, -0.25) is 4.79 Å². The van der Waals surface area contributed by atoms with E-state index < -0.39 is 10.0 Å². The third kappa shape index (κ3) is 7.96. The summed E-state index contributed by atoms with van der Waals surface area (Å²) >= 11 is 0. The van der Waals surface area contributed by atoms with Crippen LogP contribution in [0.2, 0.25) is 0 Å². The lowest BCUT2D eigenvalue weighted by atomic mass is 10.1. The van der Waals surface area contributed by atoms with Crippen molar-refractivity contribution in [1.29, 1.82) is 0 Å². The predicted molar refractivity (Wildman–Crippen MR) is 136 cm³/mol. The standard InChI is InChI=1S/C26H41N3O4S/c1-7-28(8-2)14-9-11-23(6)27-25(30)13-15-29(19-24-12-10-16-33-24)34(31,32)26-21(4)17-20(3)18-22(26)5/h10,12,16-18,23H,7-9,11,13-15,19H2,1-6H3,(H,27,30). The molecule has 1 N–H and O–H groups in total. The van der Waals surface area contributed by atoms with Crippen molar-refractivity contribution in [1.82, 2.24) is 14.5 Å². The molecule has 1 aromatic carbocycles. The van der Waals surface area contributed by atoms with Crippen LogP contribution in [0.25, 0.3) is 0 Å². The maximum absolute atomic E-state index is 13.7. The molecule has 1 amide bonds. The van der Waals surface area contributed by atoms with Crippen LogP contribution in [0.5, 0.6) is 0 Å². The number of carbonyl (C=O) groups is 1. The van der Waals surface area contributed by atoms with Crippen LogP contribution in [0, 0.1) is 20.8 Å². The first-order chi connectivity index (χ1) is 16.1. The summed E-state index contributed by atoms with van der Waals surface area (Å²) in [4.78, 5) is 15.3. The Morgan fingerprint density at radius 3 is 2.29 bits per heavy atom. The van der Waals surface area contributed by atoms with E-state index in [1.54, 1.807) is 12.1 Å². The Hall–Kier alpha value is -2.16. The molecule has 1 unspecified atom stereocenters. The average molecular weight is 492 g/mol. The second kappa shape index (κ2) is 13.1. The Labute approximate surface area is 205 Å². The fraction of sp³-hybridized carbons (Fsp3) is 0.577. The largest absolute Gasteiger partial charge is 0.468 e. The number of nitrogens with zero attached hydrogens (tertiary/aromatic N) is 2. The highest BCUT2D eigenvalue weighted by Gasteiger charge is 2.29. The summed E-state index contributed by atoms with van der Waals surface area (Å²) in [5.41, 5.74) is 2.42. The lowest BCUT2D eigenvalue weighted by Gasteiger charge is -2.24. The summed E-state index contributed by atoms with van der Waals surface area (Å²) in [5, 5.41) is 3.02. The van der Waals surface area contributed by atoms with E-state index in [-0.39, 0.29) is 31.5 Å². The quantitative estimate of drug-likeness (QED) is 0.423. The molecule has 1 heterocycles. The second-order valence-electron chi connectivity index (χ2n) is 9.03. The van der Waals surface area contributed by atoms with Crippen LogP contribution in [0.15, 0.2) is 39.8 Å². The highest BCUT2D eigenvalue weighted by molar-refractivity contribution is 7.89. The molecule has 34 heavy (non-hydrogen) atoms. The molecule has 0 saturated carbocycles. The third-order valence-corrected chi connectivity index (χ3v) is 8.27. The molecule has 0 bridgehead atoms. The van der Waals surface area contributed by atoms with Gasteiger partial charge in [0.05, 0.1) is 17.7 Å². The molecule has 2 rings (SSSR count). The number of furan rings is 1. The van der Waals surface area contributed by atoms with Gasteiger partial charge < -0.3 is 14.6 Å². The second-order valence-corrected chi connectivity index (χ2v) is 10.9. The van der Waals surface area contributed by atoms with Gasteiger partial charge in [0.15, 0.2) is 0 Å². The molecular formula is C26H41N3O4S. The van der Waals surface area contributed by atoms with Crippen LogP contribution in [0.4, 0.5) is 0 Å². The fourth-order valence-corrected chi connectivity index (χ4v) is 6.19. The number of hydrogen-bond donors (Lipinski definition) is 1. The van der Waals surface area contributed by atoms with Gasteiger partial charge in [-0.2, -0.15) is 4.31 Å². The number of sulfonamides is 1. The number of amides is 1. The average Bonchev–Trinajstić information content (AvgIpc) is 3.26. The Morgan fingerprint density at radius 1 is 1.09 bits per heavy atom. The van der Waals surface area contributed by atoms with Crippen molar-refractivity contribution in [2.24, 2.45) is 0 Å². The maximum atomic E-state index is 13.7. The van der Waals surface area contributed by atoms with E-state index in [1.165, 1.54) is 10.6 Å². The molecule has 0 fully saturated rings. The number of aryl methyl sites for hydroxylation is 3. The molecule has 7 nitrogen and oxygen atoms in total. The summed E-state index contributed by atoms with van der Waals surface area (Å²) in [6.45, 7) is 15.1. The zero-order valence-electron chi connectivity index (χ0n) is 21.6. The summed E-state index contributed by atoms with van der Waals surface area (Å²) in [7, 11) is -3.82. The fourth-order valence-electron chi connectivity index (χ4n) is 4.37. The monoisotopic (exact) mass is 491 g/mol. The van der Waals surface area contributed by atoms with Crippen molar-refractivity contribution in [2.75, 3.05) is 26.2 Å². The van der Waals surface area contributed by atoms with Gasteiger partial charge in [0.25, 0.3) is 0 Å². The minimum atomic E-state index is -3.82. The lowest BCUT2D eigenvalue weighted by Crippen LogP contribution is -2.38. The van der Waals surface area contributed by atoms with Crippen molar-refractivity contribution >= 4 is 15.9 Å². The molecule has 2 aromatic rings. The topological polar surface area (TPSA) is 82.9 Å². The first kappa shape index (κ1) is 28.1. The SMILES string of the molecule is CCN(CC)CCCC(C)NC(=O)CCN(Cc1ccco1)S(=O)(=O)c1c(C)cc(C)cc1C. The number of benzene rings is 1. The molecular weight excluding hydrogens is 450 g/mol. The molecule has 0 aliphatic carbocycles. The van der Waals surface area contributed by atoms with E-state index in [0.29, 0.717) is 21.8 Å². The van der Waals surface area contributed by atoms with Crippen LogP contribution >= 0.6 is 0 Å². The summed E-state index contributed by atoms with van der Waals surface area (Å²) in [6.07, 6.45) is 3.51. The van der Waals surface area contributed by atoms with Gasteiger partial charge in [-0.1, -0.05) is 31.5 Å². The molecule has 0 radical (unpaired) electrons. The molecule has 8 heteroatoms. The van der Waals surface area contributed by atoms with Crippen LogP contribution in [-0.2, 0) is 21.4 Å². The zero-order chi connectivity index (χ0) is 25.3. The smallest absolute Gasteiger partial charge is 0.244 e. The Balaban J connectivity index is 2.07. The van der Waals surface area contributed by atoms with Gasteiger partial charge in [0, 0.05) is 19.0 Å². The maximum Gasteiger partial charge on any atom is 0.244 e. The van der Waals surface area contributed by atoms with Crippen LogP contribution in [0.1, 0.15) is 62.5 Å². The highest BCUT2D eigenvalue weighted by atomic mass is 32.2. The molecule has 0 aliphatic rings. The predicted octanol–water partition coefficient (Wildman–Crippen LogP) is 4.41. The van der Waals surface area contributed by atoms with E-state index >= 15 is 0 Å². The Kier molecular flexibility index (Phi) is 10.8. The Bertz CT molecular complexity index is 992. The minimum Gasteiger partial charge on any atom is -0.468 e. The Morgan fingerprint density at radius 2 is 1.74 bits per heavy atom. The van der Waals surface area contributed by atoms with Gasteiger partial charge in [-0.15, -0.1) is 0 Å². The van der Waals surface area contributed by atoms with Crippen molar-refractivity contribution in [3.63, 3.8) is 0 Å². The number of rotatable bonds is 14. The third-order valence-electron chi connectivity index (χ3n) is 6.12. The van der Waals surface area contributed by atoms with E-state index in [9.17, 15) is 13.2 Å². The van der Waals surface area contributed by atoms with Crippen LogP contribution in [-0.4, -0.2) is 55.8 Å². The van der Waals surface area contributed by atoms with Crippen molar-refractivity contribution < 1.29 is 17.6 Å². The first-order valence-corrected chi connectivity index (χ1v) is 13.6. The first-order valence-electron chi connectivity index (χ1n) is 12.2. The van der Waals surface area contributed by atoms with E-state index in [2.05, 4.69) is 24.1 Å². The van der Waals surface area contributed by atoms with Gasteiger partial charge >= 0.3 is 0 Å². The highest BCUT2D eigenvalue weighted by Crippen LogP contribution is 2.26. The summed E-state index contributed by atoms with van der Waals surface area (Å²) in [5.74, 6) is 0.392. The zero-order valence-corrected chi connectivity index (χ0v) is 22.4. The molecule has 1 atom stereocenters. The molecule has 1 aromatic heterocycles. The van der Waals surface area contributed by atoms with Crippen LogP contribution in [0.3, 0.4) is 0 Å². The summed E-state index contributed by atoms with van der Waals surface area (Å²) in [6, 6.07) is 7.26. The molecule has 0 aliphatic heterocycles. The van der Waals surface area contributed by atoms with E-state index in [4.69, 9.17) is 4.42 Å². The van der Waals surface area contributed by atoms with E-state index in [1.807, 2.05) is 39.8 Å². The van der Waals surface area contributed by atoms with Gasteiger partial charge in [0.1, 0.15) is 5.76 Å². The minimum absolute atomic E-state index is 0.0415. The van der Waals surface area contributed by atoms with Crippen LogP contribution < -0.4 is 5.32 Å². The molecule has 0 spiro atoms. The van der Waals surface area contributed by atoms with Crippen molar-refractivity contribution in [3.8, 4) is 0 Å². The normalized spacial score (nSPS) is 12.9. The lowest BCUT2D eigenvalue weighted by molar-refractivity contribution is -0.121. The van der Waals surface area contributed by atoms with E-state index in [0.717, 1.165) is 38.0 Å².